The maximum Gasteiger partial charge on any atom is 0.330 e. The van der Waals surface area contributed by atoms with E-state index in [1.807, 2.05) is 18.2 Å². The van der Waals surface area contributed by atoms with Gasteiger partial charge in [-0.2, -0.15) is 0 Å². The second-order valence-corrected chi connectivity index (χ2v) is 4.29. The Labute approximate surface area is 113 Å². The Kier molecular flexibility index (Phi) is 4.98. The van der Waals surface area contributed by atoms with Crippen LogP contribution in [-0.2, 0) is 9.53 Å². The summed E-state index contributed by atoms with van der Waals surface area (Å²) in [6, 6.07) is 8.31. The Bertz CT molecular complexity index is 456. The maximum absolute atomic E-state index is 11.1. The van der Waals surface area contributed by atoms with Crippen LogP contribution in [0.25, 0.3) is 0 Å². The van der Waals surface area contributed by atoms with Crippen LogP contribution in [0.3, 0.4) is 0 Å². The predicted molar refractivity (Wildman–Crippen MR) is 73.1 cm³/mol. The second kappa shape index (κ2) is 6.95. The third-order valence-corrected chi connectivity index (χ3v) is 2.98. The van der Waals surface area contributed by atoms with Crippen LogP contribution in [0.15, 0.2) is 36.4 Å². The van der Waals surface area contributed by atoms with Crippen molar-refractivity contribution >= 4 is 5.97 Å². The predicted octanol–water partition coefficient (Wildman–Crippen LogP) is 2.22. The molecule has 0 aliphatic carbocycles. The molecular formula is C15H19NO3. The summed E-state index contributed by atoms with van der Waals surface area (Å²) in [4.78, 5) is 11.1. The van der Waals surface area contributed by atoms with Gasteiger partial charge >= 0.3 is 5.97 Å². The van der Waals surface area contributed by atoms with E-state index in [4.69, 9.17) is 9.47 Å². The zero-order valence-electron chi connectivity index (χ0n) is 11.1. The molecule has 0 fully saturated rings. The fourth-order valence-electron chi connectivity index (χ4n) is 2.11. The first-order valence-corrected chi connectivity index (χ1v) is 6.59. The van der Waals surface area contributed by atoms with Gasteiger partial charge in [-0.1, -0.05) is 24.3 Å². The Hall–Kier alpha value is -1.81. The van der Waals surface area contributed by atoms with E-state index in [1.165, 1.54) is 11.6 Å². The number of carbonyl (C=O) groups is 1. The first-order chi connectivity index (χ1) is 9.31. The van der Waals surface area contributed by atoms with Gasteiger partial charge in [-0.05, 0) is 13.0 Å². The SMILES string of the molecule is CCOC(=O)/C=C/CNC1CCOc2ccccc21. The Morgan fingerprint density at radius 2 is 2.37 bits per heavy atom. The van der Waals surface area contributed by atoms with Crippen LogP contribution in [0.4, 0.5) is 0 Å². The molecular weight excluding hydrogens is 242 g/mol. The van der Waals surface area contributed by atoms with Crippen LogP contribution in [0, 0.1) is 0 Å². The molecule has 1 heterocycles. The van der Waals surface area contributed by atoms with Crippen molar-refractivity contribution in [1.82, 2.24) is 5.32 Å². The van der Waals surface area contributed by atoms with Crippen molar-refractivity contribution < 1.29 is 14.3 Å². The molecule has 1 aromatic carbocycles. The Morgan fingerprint density at radius 3 is 3.21 bits per heavy atom. The molecule has 1 aliphatic heterocycles. The van der Waals surface area contributed by atoms with Crippen LogP contribution < -0.4 is 10.1 Å². The number of para-hydroxylation sites is 1. The number of hydrogen-bond donors (Lipinski definition) is 1. The van der Waals surface area contributed by atoms with Gasteiger partial charge in [0.05, 0.1) is 13.2 Å². The molecule has 4 heteroatoms. The number of ether oxygens (including phenoxy) is 2. The van der Waals surface area contributed by atoms with E-state index in [1.54, 1.807) is 13.0 Å². The van der Waals surface area contributed by atoms with Crippen molar-refractivity contribution in [3.05, 3.63) is 42.0 Å². The number of benzene rings is 1. The summed E-state index contributed by atoms with van der Waals surface area (Å²) in [6.45, 7) is 3.56. The number of carbonyl (C=O) groups excluding carboxylic acids is 1. The molecule has 0 spiro atoms. The highest BCUT2D eigenvalue weighted by molar-refractivity contribution is 5.81. The van der Waals surface area contributed by atoms with Gasteiger partial charge < -0.3 is 14.8 Å². The average Bonchev–Trinajstić information content (AvgIpc) is 2.44. The lowest BCUT2D eigenvalue weighted by Gasteiger charge is -2.26. The van der Waals surface area contributed by atoms with Crippen molar-refractivity contribution in [3.8, 4) is 5.75 Å². The van der Waals surface area contributed by atoms with Crippen LogP contribution in [0.1, 0.15) is 24.9 Å². The third kappa shape index (κ3) is 3.83. The van der Waals surface area contributed by atoms with E-state index >= 15 is 0 Å². The standard InChI is InChI=1S/C15H19NO3/c1-2-18-15(17)8-5-10-16-13-9-11-19-14-7-4-3-6-12(13)14/h3-8,13,16H,2,9-11H2,1H3/b8-5+. The van der Waals surface area contributed by atoms with Gasteiger partial charge in [-0.3, -0.25) is 0 Å². The summed E-state index contributed by atoms with van der Waals surface area (Å²) in [5.41, 5.74) is 1.18. The Morgan fingerprint density at radius 1 is 1.53 bits per heavy atom. The van der Waals surface area contributed by atoms with Gasteiger partial charge in [-0.15, -0.1) is 0 Å². The van der Waals surface area contributed by atoms with Crippen LogP contribution in [0.5, 0.6) is 5.75 Å². The zero-order valence-corrected chi connectivity index (χ0v) is 11.1. The highest BCUT2D eigenvalue weighted by atomic mass is 16.5. The van der Waals surface area contributed by atoms with E-state index < -0.39 is 0 Å². The van der Waals surface area contributed by atoms with Gasteiger partial charge in [0.15, 0.2) is 0 Å². The lowest BCUT2D eigenvalue weighted by molar-refractivity contribution is -0.137. The summed E-state index contributed by atoms with van der Waals surface area (Å²) >= 11 is 0. The molecule has 1 unspecified atom stereocenters. The molecule has 0 amide bonds. The fraction of sp³-hybridized carbons (Fsp3) is 0.400. The number of nitrogens with one attached hydrogen (secondary N) is 1. The third-order valence-electron chi connectivity index (χ3n) is 2.98. The van der Waals surface area contributed by atoms with E-state index in [0.717, 1.165) is 18.8 Å². The van der Waals surface area contributed by atoms with Crippen LogP contribution in [-0.4, -0.2) is 25.7 Å². The molecule has 0 saturated carbocycles. The first-order valence-electron chi connectivity index (χ1n) is 6.59. The fourth-order valence-corrected chi connectivity index (χ4v) is 2.11. The monoisotopic (exact) mass is 261 g/mol. The first kappa shape index (κ1) is 13.6. The normalized spacial score (nSPS) is 17.8. The molecule has 102 valence electrons. The molecule has 0 radical (unpaired) electrons. The average molecular weight is 261 g/mol. The molecule has 0 aromatic heterocycles. The molecule has 4 nitrogen and oxygen atoms in total. The molecule has 19 heavy (non-hydrogen) atoms. The molecule has 1 aliphatic rings. The minimum absolute atomic E-state index is 0.275. The highest BCUT2D eigenvalue weighted by Gasteiger charge is 2.19. The molecule has 1 N–H and O–H groups in total. The van der Waals surface area contributed by atoms with Gasteiger partial charge in [0.2, 0.25) is 0 Å². The smallest absolute Gasteiger partial charge is 0.330 e. The lowest BCUT2D eigenvalue weighted by Crippen LogP contribution is -2.27. The summed E-state index contributed by atoms with van der Waals surface area (Å²) in [5, 5.41) is 3.40. The van der Waals surface area contributed by atoms with Crippen LogP contribution in [0.2, 0.25) is 0 Å². The zero-order chi connectivity index (χ0) is 13.5. The van der Waals surface area contributed by atoms with E-state index in [9.17, 15) is 4.79 Å². The summed E-state index contributed by atoms with van der Waals surface area (Å²) < 4.78 is 10.4. The van der Waals surface area contributed by atoms with Crippen molar-refractivity contribution in [2.75, 3.05) is 19.8 Å². The quantitative estimate of drug-likeness (QED) is 0.652. The molecule has 1 aromatic rings. The molecule has 0 bridgehead atoms. The highest BCUT2D eigenvalue weighted by Crippen LogP contribution is 2.31. The minimum atomic E-state index is -0.295. The van der Waals surface area contributed by atoms with E-state index in [2.05, 4.69) is 11.4 Å². The van der Waals surface area contributed by atoms with E-state index in [0.29, 0.717) is 13.2 Å². The topological polar surface area (TPSA) is 47.6 Å². The maximum atomic E-state index is 11.1. The van der Waals surface area contributed by atoms with Crippen LogP contribution >= 0.6 is 0 Å². The molecule has 2 rings (SSSR count). The Balaban J connectivity index is 1.86. The van der Waals surface area contributed by atoms with Gasteiger partial charge in [-0.25, -0.2) is 4.79 Å². The number of hydrogen-bond acceptors (Lipinski definition) is 4. The lowest BCUT2D eigenvalue weighted by atomic mass is 10.0. The van der Waals surface area contributed by atoms with Crippen molar-refractivity contribution in [2.24, 2.45) is 0 Å². The molecule has 0 saturated heterocycles. The molecule has 1 atom stereocenters. The van der Waals surface area contributed by atoms with Crippen molar-refractivity contribution in [1.29, 1.82) is 0 Å². The van der Waals surface area contributed by atoms with E-state index in [-0.39, 0.29) is 12.0 Å². The number of fused-ring (bicyclic) bond motifs is 1. The van der Waals surface area contributed by atoms with Gasteiger partial charge in [0, 0.05) is 30.6 Å². The number of rotatable bonds is 5. The summed E-state index contributed by atoms with van der Waals surface area (Å²) in [7, 11) is 0. The van der Waals surface area contributed by atoms with Gasteiger partial charge in [0.25, 0.3) is 0 Å². The summed E-state index contributed by atoms with van der Waals surface area (Å²) in [6.07, 6.45) is 4.18. The minimum Gasteiger partial charge on any atom is -0.493 e. The number of esters is 1. The summed E-state index contributed by atoms with van der Waals surface area (Å²) in [5.74, 6) is 0.650. The van der Waals surface area contributed by atoms with Crippen molar-refractivity contribution in [2.45, 2.75) is 19.4 Å². The van der Waals surface area contributed by atoms with Gasteiger partial charge in [0.1, 0.15) is 5.75 Å². The largest absolute Gasteiger partial charge is 0.493 e. The van der Waals surface area contributed by atoms with Crippen molar-refractivity contribution in [3.63, 3.8) is 0 Å². The second-order valence-electron chi connectivity index (χ2n) is 4.29.